The van der Waals surface area contributed by atoms with Crippen molar-refractivity contribution in [2.24, 2.45) is 0 Å². The van der Waals surface area contributed by atoms with Crippen molar-refractivity contribution in [3.05, 3.63) is 53.1 Å². The molecule has 2 aromatic rings. The quantitative estimate of drug-likeness (QED) is 0.824. The van der Waals surface area contributed by atoms with Gasteiger partial charge in [-0.25, -0.2) is 0 Å². The van der Waals surface area contributed by atoms with E-state index in [9.17, 15) is 9.59 Å². The average molecular weight is 368 g/mol. The van der Waals surface area contributed by atoms with E-state index in [-0.39, 0.29) is 18.2 Å². The van der Waals surface area contributed by atoms with Crippen molar-refractivity contribution in [2.75, 3.05) is 26.1 Å². The predicted octanol–water partition coefficient (Wildman–Crippen LogP) is 2.93. The first-order chi connectivity index (χ1) is 13.0. The van der Waals surface area contributed by atoms with Crippen LogP contribution in [0.4, 0.5) is 5.69 Å². The monoisotopic (exact) mass is 368 g/mol. The van der Waals surface area contributed by atoms with Gasteiger partial charge in [0.1, 0.15) is 6.42 Å². The van der Waals surface area contributed by atoms with Gasteiger partial charge in [-0.1, -0.05) is 17.7 Å². The number of nitrogens with one attached hydrogen (secondary N) is 1. The minimum Gasteiger partial charge on any atom is -0.493 e. The highest BCUT2D eigenvalue weighted by molar-refractivity contribution is 6.03. The SMILES string of the molecule is COc1cc2c(cc1OC)CN(C(=O)CC(=O)Nc1ccc(C)cc1)CC2. The van der Waals surface area contributed by atoms with Crippen LogP contribution >= 0.6 is 0 Å². The first kappa shape index (κ1) is 18.8. The fourth-order valence-electron chi connectivity index (χ4n) is 3.19. The number of anilines is 1. The van der Waals surface area contributed by atoms with Crippen LogP contribution < -0.4 is 14.8 Å². The zero-order chi connectivity index (χ0) is 19.4. The van der Waals surface area contributed by atoms with Gasteiger partial charge < -0.3 is 19.7 Å². The Labute approximate surface area is 159 Å². The molecule has 2 amide bonds. The van der Waals surface area contributed by atoms with E-state index in [1.165, 1.54) is 0 Å². The van der Waals surface area contributed by atoms with E-state index in [1.54, 1.807) is 19.1 Å². The molecule has 0 fully saturated rings. The van der Waals surface area contributed by atoms with E-state index < -0.39 is 0 Å². The second-order valence-corrected chi connectivity index (χ2v) is 6.63. The number of amides is 2. The van der Waals surface area contributed by atoms with Crippen LogP contribution in [0.1, 0.15) is 23.1 Å². The van der Waals surface area contributed by atoms with Crippen LogP contribution in [0, 0.1) is 6.92 Å². The summed E-state index contributed by atoms with van der Waals surface area (Å²) in [4.78, 5) is 26.4. The van der Waals surface area contributed by atoms with Crippen molar-refractivity contribution >= 4 is 17.5 Å². The molecule has 0 unspecified atom stereocenters. The molecule has 0 atom stereocenters. The second kappa shape index (κ2) is 8.12. The van der Waals surface area contributed by atoms with E-state index >= 15 is 0 Å². The lowest BCUT2D eigenvalue weighted by Gasteiger charge is -2.29. The molecule has 142 valence electrons. The Kier molecular flexibility index (Phi) is 5.64. The van der Waals surface area contributed by atoms with Gasteiger partial charge in [-0.05, 0) is 48.7 Å². The number of hydrogen-bond donors (Lipinski definition) is 1. The van der Waals surface area contributed by atoms with E-state index in [0.29, 0.717) is 30.3 Å². The molecule has 2 aromatic carbocycles. The highest BCUT2D eigenvalue weighted by atomic mass is 16.5. The standard InChI is InChI=1S/C21H24N2O4/c1-14-4-6-17(7-5-14)22-20(24)12-21(25)23-9-8-15-10-18(26-2)19(27-3)11-16(15)13-23/h4-7,10-11H,8-9,12-13H2,1-3H3,(H,22,24). The molecule has 6 nitrogen and oxygen atoms in total. The molecule has 0 saturated heterocycles. The summed E-state index contributed by atoms with van der Waals surface area (Å²) in [6.07, 6.45) is 0.553. The van der Waals surface area contributed by atoms with E-state index in [2.05, 4.69) is 5.32 Å². The van der Waals surface area contributed by atoms with Gasteiger partial charge in [0.05, 0.1) is 14.2 Å². The summed E-state index contributed by atoms with van der Waals surface area (Å²) < 4.78 is 10.7. The molecular weight excluding hydrogens is 344 g/mol. The van der Waals surface area contributed by atoms with Crippen LogP contribution in [0.5, 0.6) is 11.5 Å². The maximum absolute atomic E-state index is 12.5. The van der Waals surface area contributed by atoms with Gasteiger partial charge in [-0.2, -0.15) is 0 Å². The first-order valence-electron chi connectivity index (χ1n) is 8.88. The number of hydrogen-bond acceptors (Lipinski definition) is 4. The van der Waals surface area contributed by atoms with Crippen molar-refractivity contribution in [3.63, 3.8) is 0 Å². The maximum atomic E-state index is 12.5. The maximum Gasteiger partial charge on any atom is 0.233 e. The lowest BCUT2D eigenvalue weighted by Crippen LogP contribution is -2.37. The molecule has 27 heavy (non-hydrogen) atoms. The number of methoxy groups -OCH3 is 2. The Bertz CT molecular complexity index is 846. The van der Waals surface area contributed by atoms with Gasteiger partial charge in [0.25, 0.3) is 0 Å². The molecule has 0 spiro atoms. The van der Waals surface area contributed by atoms with Crippen LogP contribution in [0.15, 0.2) is 36.4 Å². The molecule has 0 aromatic heterocycles. The highest BCUT2D eigenvalue weighted by Crippen LogP contribution is 2.33. The Balaban J connectivity index is 1.63. The van der Waals surface area contributed by atoms with Gasteiger partial charge in [0.15, 0.2) is 11.5 Å². The first-order valence-corrected chi connectivity index (χ1v) is 8.88. The molecular formula is C21H24N2O4. The Hall–Kier alpha value is -3.02. The summed E-state index contributed by atoms with van der Waals surface area (Å²) in [5.41, 5.74) is 3.97. The van der Waals surface area contributed by atoms with Crippen molar-refractivity contribution in [1.82, 2.24) is 4.90 Å². The van der Waals surface area contributed by atoms with Crippen LogP contribution in [0.3, 0.4) is 0 Å². The van der Waals surface area contributed by atoms with E-state index in [4.69, 9.17) is 9.47 Å². The number of nitrogens with zero attached hydrogens (tertiary/aromatic N) is 1. The van der Waals surface area contributed by atoms with Crippen LogP contribution in [-0.4, -0.2) is 37.5 Å². The molecule has 1 aliphatic heterocycles. The molecule has 0 radical (unpaired) electrons. The predicted molar refractivity (Wildman–Crippen MR) is 103 cm³/mol. The van der Waals surface area contributed by atoms with Crippen LogP contribution in [0.25, 0.3) is 0 Å². The number of rotatable bonds is 5. The summed E-state index contributed by atoms with van der Waals surface area (Å²) in [6, 6.07) is 11.4. The molecule has 0 aliphatic carbocycles. The van der Waals surface area contributed by atoms with E-state index in [0.717, 1.165) is 23.1 Å². The molecule has 1 heterocycles. The third-order valence-corrected chi connectivity index (χ3v) is 4.72. The lowest BCUT2D eigenvalue weighted by atomic mass is 9.98. The average Bonchev–Trinajstić information content (AvgIpc) is 2.68. The number of aryl methyl sites for hydroxylation is 1. The second-order valence-electron chi connectivity index (χ2n) is 6.63. The Morgan fingerprint density at radius 3 is 2.30 bits per heavy atom. The molecule has 0 saturated carbocycles. The van der Waals surface area contributed by atoms with Gasteiger partial charge >= 0.3 is 0 Å². The summed E-state index contributed by atoms with van der Waals surface area (Å²) in [6.45, 7) is 3.03. The zero-order valence-corrected chi connectivity index (χ0v) is 15.9. The van der Waals surface area contributed by atoms with Gasteiger partial charge in [-0.15, -0.1) is 0 Å². The third kappa shape index (κ3) is 4.39. The number of carbonyl (C=O) groups is 2. The van der Waals surface area contributed by atoms with E-state index in [1.807, 2.05) is 43.3 Å². The van der Waals surface area contributed by atoms with Crippen LogP contribution in [0.2, 0.25) is 0 Å². The lowest BCUT2D eigenvalue weighted by molar-refractivity contribution is -0.135. The van der Waals surface area contributed by atoms with Crippen molar-refractivity contribution in [3.8, 4) is 11.5 Å². The topological polar surface area (TPSA) is 67.9 Å². The largest absolute Gasteiger partial charge is 0.493 e. The normalized spacial score (nSPS) is 12.9. The zero-order valence-electron chi connectivity index (χ0n) is 15.9. The van der Waals surface area contributed by atoms with Crippen LogP contribution in [-0.2, 0) is 22.6 Å². The molecule has 1 N–H and O–H groups in total. The summed E-state index contributed by atoms with van der Waals surface area (Å²) in [5, 5.41) is 2.77. The van der Waals surface area contributed by atoms with Gasteiger partial charge in [0, 0.05) is 18.8 Å². The minimum absolute atomic E-state index is 0.170. The Morgan fingerprint density at radius 1 is 1.04 bits per heavy atom. The minimum atomic E-state index is -0.304. The summed E-state index contributed by atoms with van der Waals surface area (Å²) >= 11 is 0. The van der Waals surface area contributed by atoms with Crippen molar-refractivity contribution in [1.29, 1.82) is 0 Å². The molecule has 6 heteroatoms. The Morgan fingerprint density at radius 2 is 1.67 bits per heavy atom. The van der Waals surface area contributed by atoms with Gasteiger partial charge in [0.2, 0.25) is 11.8 Å². The fourth-order valence-corrected chi connectivity index (χ4v) is 3.19. The van der Waals surface area contributed by atoms with Crippen molar-refractivity contribution in [2.45, 2.75) is 26.3 Å². The van der Waals surface area contributed by atoms with Crippen molar-refractivity contribution < 1.29 is 19.1 Å². The number of carbonyl (C=O) groups excluding carboxylic acids is 2. The molecule has 3 rings (SSSR count). The third-order valence-electron chi connectivity index (χ3n) is 4.72. The number of ether oxygens (including phenoxy) is 2. The highest BCUT2D eigenvalue weighted by Gasteiger charge is 2.24. The number of benzene rings is 2. The fraction of sp³-hybridized carbons (Fsp3) is 0.333. The summed E-state index contributed by atoms with van der Waals surface area (Å²) in [7, 11) is 3.20. The molecule has 1 aliphatic rings. The smallest absolute Gasteiger partial charge is 0.233 e. The number of fused-ring (bicyclic) bond motifs is 1. The summed E-state index contributed by atoms with van der Waals surface area (Å²) in [5.74, 6) is 0.846. The molecule has 0 bridgehead atoms. The van der Waals surface area contributed by atoms with Gasteiger partial charge in [-0.3, -0.25) is 9.59 Å².